The van der Waals surface area contributed by atoms with E-state index in [2.05, 4.69) is 31.0 Å². The normalized spacial score (nSPS) is 15.6. The zero-order chi connectivity index (χ0) is 18.1. The van der Waals surface area contributed by atoms with E-state index in [4.69, 9.17) is 14.2 Å². The number of carbonyl (C=O) groups is 1. The predicted octanol–water partition coefficient (Wildman–Crippen LogP) is 2.08. The van der Waals surface area contributed by atoms with Crippen LogP contribution in [0, 0.1) is 0 Å². The first-order valence-electron chi connectivity index (χ1n) is 8.96. The van der Waals surface area contributed by atoms with Crippen LogP contribution >= 0.6 is 0 Å². The second kappa shape index (κ2) is 9.63. The van der Waals surface area contributed by atoms with Gasteiger partial charge in [-0.05, 0) is 44.5 Å². The molecule has 0 aromatic heterocycles. The second-order valence-electron chi connectivity index (χ2n) is 6.80. The van der Waals surface area contributed by atoms with Crippen molar-refractivity contribution in [3.63, 3.8) is 0 Å². The van der Waals surface area contributed by atoms with Crippen molar-refractivity contribution in [1.82, 2.24) is 10.2 Å². The molecule has 0 spiro atoms. The molecule has 0 unspecified atom stereocenters. The number of nitrogens with one attached hydrogen (secondary N) is 1. The molecule has 0 aliphatic carbocycles. The molecule has 0 saturated carbocycles. The highest BCUT2D eigenvalue weighted by Gasteiger charge is 2.28. The van der Waals surface area contributed by atoms with Crippen LogP contribution < -0.4 is 14.8 Å². The minimum absolute atomic E-state index is 0.00829. The van der Waals surface area contributed by atoms with Crippen LogP contribution in [0.15, 0.2) is 24.3 Å². The standard InChI is InChI=1S/C19H30N2O4/c1-4-11-24-16-5-7-17(8-6-16)25-14-18(22)20-15-19(2,3)21-9-12-23-13-10-21/h5-8H,4,9-15H2,1-3H3,(H,20,22). The summed E-state index contributed by atoms with van der Waals surface area (Å²) in [4.78, 5) is 14.4. The van der Waals surface area contributed by atoms with E-state index in [-0.39, 0.29) is 18.1 Å². The zero-order valence-electron chi connectivity index (χ0n) is 15.5. The van der Waals surface area contributed by atoms with Crippen molar-refractivity contribution >= 4 is 5.91 Å². The average Bonchev–Trinajstić information content (AvgIpc) is 2.64. The van der Waals surface area contributed by atoms with Gasteiger partial charge in [0.25, 0.3) is 5.91 Å². The maximum Gasteiger partial charge on any atom is 0.258 e. The van der Waals surface area contributed by atoms with Crippen LogP contribution in [0.1, 0.15) is 27.2 Å². The molecule has 1 N–H and O–H groups in total. The number of ether oxygens (including phenoxy) is 3. The number of hydrogen-bond donors (Lipinski definition) is 1. The largest absolute Gasteiger partial charge is 0.494 e. The minimum Gasteiger partial charge on any atom is -0.494 e. The number of nitrogens with zero attached hydrogens (tertiary/aromatic N) is 1. The molecule has 1 saturated heterocycles. The maximum absolute atomic E-state index is 12.1. The first-order chi connectivity index (χ1) is 12.0. The number of carbonyl (C=O) groups excluding carboxylic acids is 1. The number of benzene rings is 1. The Morgan fingerprint density at radius 2 is 1.76 bits per heavy atom. The summed E-state index contributed by atoms with van der Waals surface area (Å²) in [6.07, 6.45) is 0.971. The SMILES string of the molecule is CCCOc1ccc(OCC(=O)NCC(C)(C)N2CCOCC2)cc1. The van der Waals surface area contributed by atoms with E-state index < -0.39 is 0 Å². The van der Waals surface area contributed by atoms with Gasteiger partial charge in [0.2, 0.25) is 0 Å². The summed E-state index contributed by atoms with van der Waals surface area (Å²) < 4.78 is 16.4. The first-order valence-corrected chi connectivity index (χ1v) is 8.96. The number of hydrogen-bond acceptors (Lipinski definition) is 5. The van der Waals surface area contributed by atoms with Gasteiger partial charge in [0, 0.05) is 25.2 Å². The number of amides is 1. The molecule has 1 aromatic rings. The molecule has 6 heteroatoms. The van der Waals surface area contributed by atoms with Crippen LogP contribution in [0.25, 0.3) is 0 Å². The third-order valence-corrected chi connectivity index (χ3v) is 4.25. The fraction of sp³-hybridized carbons (Fsp3) is 0.632. The van der Waals surface area contributed by atoms with Gasteiger partial charge in [0.15, 0.2) is 6.61 Å². The number of morpholine rings is 1. The molecule has 0 atom stereocenters. The Labute approximate surface area is 150 Å². The van der Waals surface area contributed by atoms with Gasteiger partial charge < -0.3 is 19.5 Å². The Bertz CT molecular complexity index is 525. The van der Waals surface area contributed by atoms with Crippen molar-refractivity contribution in [2.24, 2.45) is 0 Å². The molecule has 140 valence electrons. The minimum atomic E-state index is -0.118. The predicted molar refractivity (Wildman–Crippen MR) is 97.2 cm³/mol. The van der Waals surface area contributed by atoms with E-state index in [1.165, 1.54) is 0 Å². The van der Waals surface area contributed by atoms with Gasteiger partial charge in [-0.2, -0.15) is 0 Å². The molecule has 1 heterocycles. The van der Waals surface area contributed by atoms with Crippen molar-refractivity contribution in [3.8, 4) is 11.5 Å². The summed E-state index contributed by atoms with van der Waals surface area (Å²) in [6.45, 7) is 10.9. The first kappa shape index (κ1) is 19.5. The molecule has 1 amide bonds. The molecular formula is C19H30N2O4. The van der Waals surface area contributed by atoms with E-state index in [9.17, 15) is 4.79 Å². The highest BCUT2D eigenvalue weighted by molar-refractivity contribution is 5.77. The zero-order valence-corrected chi connectivity index (χ0v) is 15.5. The topological polar surface area (TPSA) is 60.0 Å². The van der Waals surface area contributed by atoms with E-state index in [1.807, 2.05) is 24.3 Å². The van der Waals surface area contributed by atoms with E-state index >= 15 is 0 Å². The average molecular weight is 350 g/mol. The van der Waals surface area contributed by atoms with Gasteiger partial charge in [-0.3, -0.25) is 9.69 Å². The highest BCUT2D eigenvalue weighted by atomic mass is 16.5. The maximum atomic E-state index is 12.1. The smallest absolute Gasteiger partial charge is 0.258 e. The van der Waals surface area contributed by atoms with E-state index in [0.717, 1.165) is 38.5 Å². The summed E-state index contributed by atoms with van der Waals surface area (Å²) in [7, 11) is 0. The van der Waals surface area contributed by atoms with Gasteiger partial charge in [-0.1, -0.05) is 6.92 Å². The van der Waals surface area contributed by atoms with E-state index in [1.54, 1.807) is 0 Å². The van der Waals surface area contributed by atoms with Crippen molar-refractivity contribution in [1.29, 1.82) is 0 Å². The van der Waals surface area contributed by atoms with Gasteiger partial charge >= 0.3 is 0 Å². The summed E-state index contributed by atoms with van der Waals surface area (Å²) >= 11 is 0. The third-order valence-electron chi connectivity index (χ3n) is 4.25. The lowest BCUT2D eigenvalue weighted by Crippen LogP contribution is -2.55. The molecule has 25 heavy (non-hydrogen) atoms. The molecule has 0 bridgehead atoms. The van der Waals surface area contributed by atoms with Gasteiger partial charge in [0.05, 0.1) is 19.8 Å². The van der Waals surface area contributed by atoms with Crippen molar-refractivity contribution in [2.45, 2.75) is 32.7 Å². The Morgan fingerprint density at radius 3 is 2.36 bits per heavy atom. The van der Waals surface area contributed by atoms with E-state index in [0.29, 0.717) is 18.9 Å². The van der Waals surface area contributed by atoms with Crippen molar-refractivity contribution in [2.75, 3.05) is 46.1 Å². The summed E-state index contributed by atoms with van der Waals surface area (Å²) in [5.74, 6) is 1.35. The quantitative estimate of drug-likeness (QED) is 0.739. The molecule has 1 fully saturated rings. The monoisotopic (exact) mass is 350 g/mol. The Morgan fingerprint density at radius 1 is 1.16 bits per heavy atom. The summed E-state index contributed by atoms with van der Waals surface area (Å²) in [5, 5.41) is 2.96. The highest BCUT2D eigenvalue weighted by Crippen LogP contribution is 2.18. The van der Waals surface area contributed by atoms with Gasteiger partial charge in [-0.15, -0.1) is 0 Å². The van der Waals surface area contributed by atoms with Crippen LogP contribution in [0.3, 0.4) is 0 Å². The third kappa shape index (κ3) is 6.55. The molecule has 1 aliphatic rings. The molecule has 1 aliphatic heterocycles. The molecule has 2 rings (SSSR count). The lowest BCUT2D eigenvalue weighted by atomic mass is 10.0. The van der Waals surface area contributed by atoms with Crippen LogP contribution in [0.5, 0.6) is 11.5 Å². The second-order valence-corrected chi connectivity index (χ2v) is 6.80. The fourth-order valence-corrected chi connectivity index (χ4v) is 2.65. The van der Waals surface area contributed by atoms with Crippen LogP contribution in [-0.4, -0.2) is 62.4 Å². The van der Waals surface area contributed by atoms with Crippen LogP contribution in [0.2, 0.25) is 0 Å². The Kier molecular flexibility index (Phi) is 7.52. The Hall–Kier alpha value is -1.79. The van der Waals surface area contributed by atoms with Crippen LogP contribution in [-0.2, 0) is 9.53 Å². The molecule has 1 aromatic carbocycles. The van der Waals surface area contributed by atoms with Crippen LogP contribution in [0.4, 0.5) is 0 Å². The van der Waals surface area contributed by atoms with Gasteiger partial charge in [0.1, 0.15) is 11.5 Å². The van der Waals surface area contributed by atoms with Crippen molar-refractivity contribution in [3.05, 3.63) is 24.3 Å². The summed E-state index contributed by atoms with van der Waals surface area (Å²) in [6, 6.07) is 7.33. The summed E-state index contributed by atoms with van der Waals surface area (Å²) in [5.41, 5.74) is -0.0995. The number of rotatable bonds is 9. The molecular weight excluding hydrogens is 320 g/mol. The molecule has 0 radical (unpaired) electrons. The molecule has 6 nitrogen and oxygen atoms in total. The lowest BCUT2D eigenvalue weighted by molar-refractivity contribution is -0.123. The van der Waals surface area contributed by atoms with Gasteiger partial charge in [-0.25, -0.2) is 0 Å². The van der Waals surface area contributed by atoms with Crippen molar-refractivity contribution < 1.29 is 19.0 Å². The fourth-order valence-electron chi connectivity index (χ4n) is 2.65. The Balaban J connectivity index is 1.71. The lowest BCUT2D eigenvalue weighted by Gasteiger charge is -2.40.